The number of halogens is 1. The summed E-state index contributed by atoms with van der Waals surface area (Å²) in [5.41, 5.74) is 5.08. The highest BCUT2D eigenvalue weighted by Gasteiger charge is 2.25. The number of aromatic hydroxyl groups is 1. The highest BCUT2D eigenvalue weighted by Crippen LogP contribution is 2.34. The second-order valence-electron chi connectivity index (χ2n) is 6.14. The summed E-state index contributed by atoms with van der Waals surface area (Å²) in [6.45, 7) is -0.607. The minimum atomic E-state index is -4.83. The molecule has 0 spiro atoms. The molecule has 0 radical (unpaired) electrons. The first-order valence-electron chi connectivity index (χ1n) is 7.76. The zero-order valence-electron chi connectivity index (χ0n) is 13.8. The summed E-state index contributed by atoms with van der Waals surface area (Å²) in [6, 6.07) is 12.2. The van der Waals surface area contributed by atoms with E-state index in [9.17, 15) is 24.6 Å². The van der Waals surface area contributed by atoms with Gasteiger partial charge in [0.15, 0.2) is 0 Å². The molecule has 1 atom stereocenters. The van der Waals surface area contributed by atoms with Crippen LogP contribution in [-0.4, -0.2) is 28.5 Å². The van der Waals surface area contributed by atoms with Gasteiger partial charge in [0.25, 0.3) is 0 Å². The molecule has 0 saturated heterocycles. The van der Waals surface area contributed by atoms with Gasteiger partial charge in [-0.3, -0.25) is 0 Å². The van der Waals surface area contributed by atoms with Crippen LogP contribution in [0.3, 0.4) is 0 Å². The molecule has 0 fully saturated rings. The fourth-order valence-corrected chi connectivity index (χ4v) is 4.74. The van der Waals surface area contributed by atoms with E-state index in [1.54, 1.807) is 30.3 Å². The predicted molar refractivity (Wildman–Crippen MR) is 98.5 cm³/mol. The Morgan fingerprint density at radius 2 is 1.88 bits per heavy atom. The quantitative estimate of drug-likeness (QED) is 0.560. The molecule has 0 heterocycles. The molecule has 2 aromatic carbocycles. The number of phenols is 1. The molecule has 0 aliphatic heterocycles. The van der Waals surface area contributed by atoms with E-state index >= 15 is 0 Å². The Bertz CT molecular complexity index is 815. The first-order chi connectivity index (χ1) is 12.1. The summed E-state index contributed by atoms with van der Waals surface area (Å²) >= 11 is 7.72. The highest BCUT2D eigenvalue weighted by atomic mass is 35.5. The van der Waals surface area contributed by atoms with E-state index in [1.807, 2.05) is 12.1 Å². The number of rotatable bonds is 8. The summed E-state index contributed by atoms with van der Waals surface area (Å²) in [7, 11) is -4.83. The molecule has 0 bridgehead atoms. The van der Waals surface area contributed by atoms with E-state index in [0.717, 1.165) is 15.4 Å². The van der Waals surface area contributed by atoms with Crippen molar-refractivity contribution >= 4 is 31.0 Å². The molecule has 0 aliphatic carbocycles. The normalized spacial score (nSPS) is 14.2. The Balaban J connectivity index is 2.06. The third-order valence-electron chi connectivity index (χ3n) is 3.79. The Hall–Kier alpha value is -1.05. The molecular formula is C17H19ClNO5PS-2. The van der Waals surface area contributed by atoms with E-state index in [-0.39, 0.29) is 12.2 Å². The van der Waals surface area contributed by atoms with Gasteiger partial charge in [0.1, 0.15) is 5.75 Å². The van der Waals surface area contributed by atoms with Crippen LogP contribution in [0.2, 0.25) is 5.02 Å². The van der Waals surface area contributed by atoms with Crippen molar-refractivity contribution in [1.82, 2.24) is 0 Å². The number of benzene rings is 2. The van der Waals surface area contributed by atoms with E-state index in [0.29, 0.717) is 11.4 Å². The molecule has 4 N–H and O–H groups in total. The van der Waals surface area contributed by atoms with Crippen molar-refractivity contribution in [2.45, 2.75) is 28.2 Å². The average Bonchev–Trinajstić information content (AvgIpc) is 2.52. The van der Waals surface area contributed by atoms with Gasteiger partial charge in [0, 0.05) is 20.4 Å². The van der Waals surface area contributed by atoms with Crippen molar-refractivity contribution < 1.29 is 24.6 Å². The fraction of sp³-hybridized carbons (Fsp3) is 0.294. The minimum absolute atomic E-state index is 0.108. The highest BCUT2D eigenvalue weighted by molar-refractivity contribution is 7.99. The first kappa shape index (κ1) is 21.3. The molecule has 0 amide bonds. The molecule has 9 heteroatoms. The van der Waals surface area contributed by atoms with Crippen molar-refractivity contribution in [3.8, 4) is 5.75 Å². The maximum Gasteiger partial charge on any atom is 0.116 e. The van der Waals surface area contributed by atoms with Gasteiger partial charge < -0.3 is 30.3 Å². The van der Waals surface area contributed by atoms with Crippen LogP contribution in [0.1, 0.15) is 12.0 Å². The molecule has 0 aromatic heterocycles. The van der Waals surface area contributed by atoms with Crippen LogP contribution >= 0.6 is 31.0 Å². The van der Waals surface area contributed by atoms with Crippen LogP contribution in [0.4, 0.5) is 0 Å². The molecule has 2 rings (SSSR count). The Labute approximate surface area is 161 Å². The lowest BCUT2D eigenvalue weighted by Gasteiger charge is -2.39. The maximum atomic E-state index is 11.0. The van der Waals surface area contributed by atoms with Crippen LogP contribution in [-0.2, 0) is 11.0 Å². The second kappa shape index (κ2) is 8.76. The van der Waals surface area contributed by atoms with Crippen molar-refractivity contribution in [3.05, 3.63) is 53.1 Å². The third kappa shape index (κ3) is 6.59. The lowest BCUT2D eigenvalue weighted by atomic mass is 9.95. The summed E-state index contributed by atoms with van der Waals surface area (Å²) in [4.78, 5) is 23.6. The molecule has 26 heavy (non-hydrogen) atoms. The third-order valence-corrected chi connectivity index (χ3v) is 6.14. The zero-order chi connectivity index (χ0) is 19.4. The largest absolute Gasteiger partial charge is 0.811 e. The predicted octanol–water partition coefficient (Wildman–Crippen LogP) is 1.73. The second-order valence-corrected chi connectivity index (χ2v) is 9.23. The number of nitrogens with two attached hydrogens (primary N) is 1. The lowest BCUT2D eigenvalue weighted by Crippen LogP contribution is -2.49. The molecule has 6 nitrogen and oxygen atoms in total. The molecule has 1 unspecified atom stereocenters. The standard InChI is InChI=1S/C17H21ClNO5PS/c18-16-9-15(26-14-3-1-2-13(21)8-14)5-4-12(16)6-7-17(19,10-20)11-25(22,23)24/h1-5,8-9,20-21H,6-7,10-11,19H2,(H2,22,23,24)/p-2. The monoisotopic (exact) mass is 415 g/mol. The van der Waals surface area contributed by atoms with Gasteiger partial charge in [-0.15, -0.1) is 0 Å². The SMILES string of the molecule is NC(CO)(CCc1ccc(Sc2cccc(O)c2)cc1Cl)CP(=O)([O-])[O-]. The van der Waals surface area contributed by atoms with Crippen LogP contribution < -0.4 is 15.5 Å². The van der Waals surface area contributed by atoms with Crippen LogP contribution in [0, 0.1) is 0 Å². The summed E-state index contributed by atoms with van der Waals surface area (Å²) in [5, 5.41) is 19.3. The maximum absolute atomic E-state index is 11.0. The average molecular weight is 416 g/mol. The van der Waals surface area contributed by atoms with Gasteiger partial charge in [-0.05, 0) is 54.9 Å². The number of aryl methyl sites for hydroxylation is 1. The van der Waals surface area contributed by atoms with Crippen LogP contribution in [0.15, 0.2) is 52.3 Å². The van der Waals surface area contributed by atoms with Gasteiger partial charge >= 0.3 is 0 Å². The smallest absolute Gasteiger partial charge is 0.116 e. The first-order valence-corrected chi connectivity index (χ1v) is 10.7. The van der Waals surface area contributed by atoms with Gasteiger partial charge in [0.2, 0.25) is 0 Å². The summed E-state index contributed by atoms with van der Waals surface area (Å²) in [5.74, 6) is 0.176. The Kier molecular flexibility index (Phi) is 7.16. The molecule has 0 saturated carbocycles. The van der Waals surface area contributed by atoms with Gasteiger partial charge in [-0.2, -0.15) is 0 Å². The van der Waals surface area contributed by atoms with Gasteiger partial charge in [-0.1, -0.05) is 43.1 Å². The van der Waals surface area contributed by atoms with Crippen LogP contribution in [0.25, 0.3) is 0 Å². The molecule has 142 valence electrons. The number of aliphatic hydroxyl groups is 1. The van der Waals surface area contributed by atoms with Crippen LogP contribution in [0.5, 0.6) is 5.75 Å². The molecule has 0 aliphatic rings. The van der Waals surface area contributed by atoms with Crippen molar-refractivity contribution in [3.63, 3.8) is 0 Å². The van der Waals surface area contributed by atoms with Crippen molar-refractivity contribution in [1.29, 1.82) is 0 Å². The molecular weight excluding hydrogens is 397 g/mol. The van der Waals surface area contributed by atoms with Gasteiger partial charge in [0.05, 0.1) is 6.61 Å². The number of hydrogen-bond donors (Lipinski definition) is 3. The van der Waals surface area contributed by atoms with E-state index in [4.69, 9.17) is 17.3 Å². The Morgan fingerprint density at radius 1 is 1.19 bits per heavy atom. The fourth-order valence-electron chi connectivity index (χ4n) is 2.45. The summed E-state index contributed by atoms with van der Waals surface area (Å²) in [6.07, 6.45) is -0.372. The van der Waals surface area contributed by atoms with E-state index in [2.05, 4.69) is 0 Å². The van der Waals surface area contributed by atoms with Crippen molar-refractivity contribution in [2.24, 2.45) is 5.73 Å². The zero-order valence-corrected chi connectivity index (χ0v) is 16.3. The minimum Gasteiger partial charge on any atom is -0.811 e. The van der Waals surface area contributed by atoms with E-state index < -0.39 is 25.9 Å². The molecule has 2 aromatic rings. The summed E-state index contributed by atoms with van der Waals surface area (Å²) < 4.78 is 11.0. The van der Waals surface area contributed by atoms with Gasteiger partial charge in [-0.25, -0.2) is 0 Å². The number of aliphatic hydroxyl groups excluding tert-OH is 1. The number of hydrogen-bond acceptors (Lipinski definition) is 7. The lowest BCUT2D eigenvalue weighted by molar-refractivity contribution is -0.314. The topological polar surface area (TPSA) is 130 Å². The Morgan fingerprint density at radius 3 is 2.46 bits per heavy atom. The number of phenolic OH excluding ortho intramolecular Hbond substituents is 1. The van der Waals surface area contributed by atoms with Crippen molar-refractivity contribution in [2.75, 3.05) is 12.8 Å². The van der Waals surface area contributed by atoms with E-state index in [1.165, 1.54) is 11.8 Å².